The van der Waals surface area contributed by atoms with Crippen molar-refractivity contribution in [2.24, 2.45) is 11.7 Å². The fourth-order valence-corrected chi connectivity index (χ4v) is 2.40. The van der Waals surface area contributed by atoms with Crippen molar-refractivity contribution in [1.29, 1.82) is 0 Å². The highest BCUT2D eigenvalue weighted by molar-refractivity contribution is 5.93. The number of piperidine rings is 1. The maximum atomic E-state index is 12.3. The third-order valence-corrected chi connectivity index (χ3v) is 3.45. The molecule has 7 nitrogen and oxygen atoms in total. The van der Waals surface area contributed by atoms with Crippen LogP contribution in [0.2, 0.25) is 0 Å². The molecular formula is C13H22ClN5O2. The molecule has 1 aromatic rings. The van der Waals surface area contributed by atoms with Gasteiger partial charge < -0.3 is 16.0 Å². The Labute approximate surface area is 130 Å². The number of halogens is 1. The number of hydrogen-bond donors (Lipinski definition) is 3. The number of nitrogens with one attached hydrogen (secondary N) is 2. The van der Waals surface area contributed by atoms with E-state index in [9.17, 15) is 9.59 Å². The van der Waals surface area contributed by atoms with E-state index in [1.807, 2.05) is 6.92 Å². The largest absolute Gasteiger partial charge is 0.355 e. The summed E-state index contributed by atoms with van der Waals surface area (Å²) in [6.07, 6.45) is 1.63. The summed E-state index contributed by atoms with van der Waals surface area (Å²) < 4.78 is 0. The minimum atomic E-state index is -0.153. The van der Waals surface area contributed by atoms with Gasteiger partial charge in [0.1, 0.15) is 5.69 Å². The Balaban J connectivity index is 0.00000220. The van der Waals surface area contributed by atoms with Crippen molar-refractivity contribution in [1.82, 2.24) is 20.4 Å². The zero-order valence-corrected chi connectivity index (χ0v) is 12.9. The number of nitrogens with zero attached hydrogens (tertiary/aromatic N) is 2. The molecule has 1 atom stereocenters. The van der Waals surface area contributed by atoms with E-state index in [1.54, 1.807) is 11.0 Å². The molecule has 2 rings (SSSR count). The van der Waals surface area contributed by atoms with Crippen molar-refractivity contribution >= 4 is 24.2 Å². The van der Waals surface area contributed by atoms with Crippen molar-refractivity contribution in [3.05, 3.63) is 17.5 Å². The predicted molar refractivity (Wildman–Crippen MR) is 81.3 cm³/mol. The normalized spacial score (nSPS) is 18.0. The van der Waals surface area contributed by atoms with Crippen LogP contribution in [0.5, 0.6) is 0 Å². The fraction of sp³-hybridized carbons (Fsp3) is 0.615. The summed E-state index contributed by atoms with van der Waals surface area (Å²) in [4.78, 5) is 25.9. The second-order valence-electron chi connectivity index (χ2n) is 5.11. The van der Waals surface area contributed by atoms with Crippen molar-refractivity contribution < 1.29 is 9.59 Å². The van der Waals surface area contributed by atoms with Crippen LogP contribution >= 0.6 is 12.4 Å². The first-order valence-corrected chi connectivity index (χ1v) is 6.91. The first-order chi connectivity index (χ1) is 9.61. The molecule has 1 aliphatic rings. The lowest BCUT2D eigenvalue weighted by molar-refractivity contribution is -0.126. The number of aromatic nitrogens is 2. The van der Waals surface area contributed by atoms with Crippen molar-refractivity contribution in [2.45, 2.75) is 19.8 Å². The first kappa shape index (κ1) is 17.5. The number of carbonyl (C=O) groups excluding carboxylic acids is 2. The fourth-order valence-electron chi connectivity index (χ4n) is 2.40. The second kappa shape index (κ2) is 7.99. The van der Waals surface area contributed by atoms with Crippen LogP contribution in [0.4, 0.5) is 0 Å². The van der Waals surface area contributed by atoms with Gasteiger partial charge in [0.15, 0.2) is 0 Å². The number of likely N-dealkylation sites (tertiary alicyclic amines) is 1. The van der Waals surface area contributed by atoms with Crippen molar-refractivity contribution in [3.8, 4) is 0 Å². The predicted octanol–water partition coefficient (Wildman–Crippen LogP) is 0.0670. The molecule has 0 bridgehead atoms. The maximum Gasteiger partial charge on any atom is 0.274 e. The van der Waals surface area contributed by atoms with Gasteiger partial charge in [0, 0.05) is 31.9 Å². The molecule has 4 N–H and O–H groups in total. The molecule has 0 aliphatic carbocycles. The molecule has 118 valence electrons. The lowest BCUT2D eigenvalue weighted by Gasteiger charge is -2.31. The highest BCUT2D eigenvalue weighted by Gasteiger charge is 2.29. The van der Waals surface area contributed by atoms with E-state index in [-0.39, 0.29) is 30.1 Å². The number of amides is 2. The smallest absolute Gasteiger partial charge is 0.274 e. The molecule has 21 heavy (non-hydrogen) atoms. The van der Waals surface area contributed by atoms with E-state index in [2.05, 4.69) is 15.5 Å². The summed E-state index contributed by atoms with van der Waals surface area (Å²) >= 11 is 0. The van der Waals surface area contributed by atoms with E-state index < -0.39 is 0 Å². The molecule has 0 aromatic carbocycles. The van der Waals surface area contributed by atoms with E-state index in [4.69, 9.17) is 5.73 Å². The van der Waals surface area contributed by atoms with E-state index >= 15 is 0 Å². The summed E-state index contributed by atoms with van der Waals surface area (Å²) in [6, 6.07) is 1.72. The average molecular weight is 316 g/mol. The van der Waals surface area contributed by atoms with Gasteiger partial charge in [-0.25, -0.2) is 0 Å². The lowest BCUT2D eigenvalue weighted by Crippen LogP contribution is -2.46. The molecule has 2 heterocycles. The topological polar surface area (TPSA) is 104 Å². The molecule has 0 spiro atoms. The van der Waals surface area contributed by atoms with E-state index in [0.717, 1.165) is 18.5 Å². The van der Waals surface area contributed by atoms with Gasteiger partial charge in [0.2, 0.25) is 5.91 Å². The third-order valence-electron chi connectivity index (χ3n) is 3.45. The minimum Gasteiger partial charge on any atom is -0.355 e. The van der Waals surface area contributed by atoms with Gasteiger partial charge in [0.05, 0.1) is 5.92 Å². The highest BCUT2D eigenvalue weighted by Crippen LogP contribution is 2.18. The lowest BCUT2D eigenvalue weighted by atomic mass is 9.97. The number of aromatic amines is 1. The second-order valence-corrected chi connectivity index (χ2v) is 5.11. The standard InChI is InChI=1S/C13H21N5O2.ClH/c1-9-7-11(17-16-9)13(20)18-6-2-3-10(8-18)12(19)15-5-4-14;/h7,10H,2-6,8,14H2,1H3,(H,15,19)(H,16,17);1H. The Bertz CT molecular complexity index is 491. The van der Waals surface area contributed by atoms with Gasteiger partial charge in [-0.2, -0.15) is 5.10 Å². The molecule has 1 unspecified atom stereocenters. The molecule has 1 aromatic heterocycles. The third kappa shape index (κ3) is 4.44. The maximum absolute atomic E-state index is 12.3. The van der Waals surface area contributed by atoms with Gasteiger partial charge in [-0.15, -0.1) is 12.4 Å². The Morgan fingerprint density at radius 1 is 1.57 bits per heavy atom. The van der Waals surface area contributed by atoms with Crippen molar-refractivity contribution in [2.75, 3.05) is 26.2 Å². The van der Waals surface area contributed by atoms with Gasteiger partial charge in [-0.1, -0.05) is 0 Å². The molecule has 2 amide bonds. The van der Waals surface area contributed by atoms with Gasteiger partial charge in [0.25, 0.3) is 5.91 Å². The summed E-state index contributed by atoms with van der Waals surface area (Å²) in [5.74, 6) is -0.295. The zero-order chi connectivity index (χ0) is 14.5. The first-order valence-electron chi connectivity index (χ1n) is 6.91. The molecule has 1 saturated heterocycles. The van der Waals surface area contributed by atoms with Gasteiger partial charge in [-0.3, -0.25) is 14.7 Å². The van der Waals surface area contributed by atoms with Crippen LogP contribution in [-0.2, 0) is 4.79 Å². The van der Waals surface area contributed by atoms with E-state index in [0.29, 0.717) is 31.9 Å². The van der Waals surface area contributed by atoms with E-state index in [1.165, 1.54) is 0 Å². The van der Waals surface area contributed by atoms with Gasteiger partial charge in [-0.05, 0) is 25.8 Å². The molecule has 0 radical (unpaired) electrons. The van der Waals surface area contributed by atoms with Crippen LogP contribution in [0.15, 0.2) is 6.07 Å². The Morgan fingerprint density at radius 3 is 2.95 bits per heavy atom. The van der Waals surface area contributed by atoms with Crippen LogP contribution in [-0.4, -0.2) is 53.1 Å². The number of hydrogen-bond acceptors (Lipinski definition) is 4. The number of carbonyl (C=O) groups is 2. The Morgan fingerprint density at radius 2 is 2.33 bits per heavy atom. The SMILES string of the molecule is Cc1cc(C(=O)N2CCCC(C(=O)NCCN)C2)n[nH]1.Cl. The average Bonchev–Trinajstić information content (AvgIpc) is 2.90. The summed E-state index contributed by atoms with van der Waals surface area (Å²) in [5.41, 5.74) is 6.63. The number of aryl methyl sites for hydroxylation is 1. The number of rotatable bonds is 4. The molecule has 8 heteroatoms. The summed E-state index contributed by atoms with van der Waals surface area (Å²) in [7, 11) is 0. The Hall–Kier alpha value is -1.60. The van der Waals surface area contributed by atoms with Crippen LogP contribution in [0.3, 0.4) is 0 Å². The molecular weight excluding hydrogens is 294 g/mol. The monoisotopic (exact) mass is 315 g/mol. The highest BCUT2D eigenvalue weighted by atomic mass is 35.5. The molecule has 0 saturated carbocycles. The summed E-state index contributed by atoms with van der Waals surface area (Å²) in [5, 5.41) is 9.52. The molecule has 1 aliphatic heterocycles. The number of H-pyrrole nitrogens is 1. The zero-order valence-electron chi connectivity index (χ0n) is 12.1. The van der Waals surface area contributed by atoms with Crippen LogP contribution in [0.1, 0.15) is 29.0 Å². The molecule has 1 fully saturated rings. The summed E-state index contributed by atoms with van der Waals surface area (Å²) in [6.45, 7) is 3.87. The van der Waals surface area contributed by atoms with Crippen LogP contribution in [0.25, 0.3) is 0 Å². The van der Waals surface area contributed by atoms with Crippen LogP contribution in [0, 0.1) is 12.8 Å². The van der Waals surface area contributed by atoms with Crippen molar-refractivity contribution in [3.63, 3.8) is 0 Å². The van der Waals surface area contributed by atoms with Gasteiger partial charge >= 0.3 is 0 Å². The Kier molecular flexibility index (Phi) is 6.64. The van der Waals surface area contributed by atoms with Crippen LogP contribution < -0.4 is 11.1 Å². The minimum absolute atomic E-state index is 0. The number of nitrogens with two attached hydrogens (primary N) is 1. The quantitative estimate of drug-likeness (QED) is 0.731.